The lowest BCUT2D eigenvalue weighted by Gasteiger charge is -2.21. The number of para-hydroxylation sites is 1. The second-order valence-corrected chi connectivity index (χ2v) is 8.25. The fourth-order valence-electron chi connectivity index (χ4n) is 5.62. The van der Waals surface area contributed by atoms with E-state index in [1.54, 1.807) is 43.1 Å². The molecule has 0 saturated heterocycles. The summed E-state index contributed by atoms with van der Waals surface area (Å²) in [4.78, 5) is 43.2. The van der Waals surface area contributed by atoms with Crippen LogP contribution >= 0.6 is 0 Å². The number of likely N-dealkylation sites (N-methyl/N-ethyl adjacent to an activating group) is 1. The number of rotatable bonds is 5. The average Bonchev–Trinajstić information content (AvgIpc) is 3.43. The summed E-state index contributed by atoms with van der Waals surface area (Å²) in [5.74, 6) is -1.94. The number of carbonyl (C=O) groups is 3. The topological polar surface area (TPSA) is 63.7 Å². The Kier molecular flexibility index (Phi) is 4.52. The van der Waals surface area contributed by atoms with E-state index >= 15 is 0 Å². The van der Waals surface area contributed by atoms with Crippen molar-refractivity contribution in [2.75, 3.05) is 18.6 Å². The van der Waals surface area contributed by atoms with Gasteiger partial charge < -0.3 is 9.64 Å². The van der Waals surface area contributed by atoms with Gasteiger partial charge in [-0.2, -0.15) is 0 Å². The van der Waals surface area contributed by atoms with Crippen LogP contribution in [-0.4, -0.2) is 31.3 Å². The van der Waals surface area contributed by atoms with Crippen LogP contribution in [0.3, 0.4) is 0 Å². The van der Waals surface area contributed by atoms with Crippen LogP contribution in [0.2, 0.25) is 0 Å². The maximum absolute atomic E-state index is 14.0. The van der Waals surface area contributed by atoms with Gasteiger partial charge >= 0.3 is 5.97 Å². The SMILES string of the molecule is CCOC(=O)[C@]1(c2ccccc2)[C@@H](C(=O)c2ccccc2)C12C(=O)N(C)c1ccccc12. The summed E-state index contributed by atoms with van der Waals surface area (Å²) >= 11 is 0. The number of ketones is 1. The third-order valence-corrected chi connectivity index (χ3v) is 6.88. The minimum Gasteiger partial charge on any atom is -0.465 e. The molecule has 1 heterocycles. The van der Waals surface area contributed by atoms with Gasteiger partial charge in [-0.3, -0.25) is 14.4 Å². The van der Waals surface area contributed by atoms with E-state index in [0.29, 0.717) is 22.4 Å². The van der Waals surface area contributed by atoms with Crippen LogP contribution in [-0.2, 0) is 25.2 Å². The number of anilines is 1. The molecule has 3 atom stereocenters. The number of amides is 1. The summed E-state index contributed by atoms with van der Waals surface area (Å²) in [7, 11) is 1.69. The molecule has 1 spiro atoms. The minimum atomic E-state index is -1.44. The molecule has 1 fully saturated rings. The van der Waals surface area contributed by atoms with Crippen LogP contribution in [0.4, 0.5) is 5.69 Å². The monoisotopic (exact) mass is 425 g/mol. The van der Waals surface area contributed by atoms with Gasteiger partial charge in [0.1, 0.15) is 10.8 Å². The molecule has 1 saturated carbocycles. The maximum atomic E-state index is 14.0. The Labute approximate surface area is 186 Å². The van der Waals surface area contributed by atoms with Crippen LogP contribution in [0.1, 0.15) is 28.4 Å². The van der Waals surface area contributed by atoms with Crippen molar-refractivity contribution in [2.45, 2.75) is 17.8 Å². The van der Waals surface area contributed by atoms with Gasteiger partial charge in [-0.05, 0) is 24.1 Å². The predicted molar refractivity (Wildman–Crippen MR) is 121 cm³/mol. The summed E-state index contributed by atoms with van der Waals surface area (Å²) < 4.78 is 5.56. The second kappa shape index (κ2) is 7.16. The van der Waals surface area contributed by atoms with E-state index < -0.39 is 22.7 Å². The first-order chi connectivity index (χ1) is 15.5. The van der Waals surface area contributed by atoms with Gasteiger partial charge in [0.2, 0.25) is 5.91 Å². The molecule has 5 rings (SSSR count). The summed E-state index contributed by atoms with van der Waals surface area (Å²) in [5, 5.41) is 0. The molecule has 0 aromatic heterocycles. The zero-order valence-corrected chi connectivity index (χ0v) is 17.9. The van der Waals surface area contributed by atoms with Gasteiger partial charge in [0.05, 0.1) is 12.5 Å². The highest BCUT2D eigenvalue weighted by Crippen LogP contribution is 2.75. The van der Waals surface area contributed by atoms with Crippen LogP contribution in [0.15, 0.2) is 84.9 Å². The first-order valence-electron chi connectivity index (χ1n) is 10.7. The van der Waals surface area contributed by atoms with Crippen molar-refractivity contribution in [3.8, 4) is 0 Å². The molecule has 0 radical (unpaired) electrons. The Morgan fingerprint density at radius 3 is 2.16 bits per heavy atom. The molecule has 0 bridgehead atoms. The first kappa shape index (κ1) is 20.2. The lowest BCUT2D eigenvalue weighted by molar-refractivity contribution is -0.148. The van der Waals surface area contributed by atoms with Crippen molar-refractivity contribution >= 4 is 23.3 Å². The van der Waals surface area contributed by atoms with Crippen molar-refractivity contribution in [2.24, 2.45) is 5.92 Å². The van der Waals surface area contributed by atoms with Crippen LogP contribution < -0.4 is 4.90 Å². The summed E-state index contributed by atoms with van der Waals surface area (Å²) in [5.41, 5.74) is -0.289. The molecule has 1 aliphatic carbocycles. The summed E-state index contributed by atoms with van der Waals surface area (Å²) in [6.07, 6.45) is 0. The van der Waals surface area contributed by atoms with Crippen molar-refractivity contribution < 1.29 is 19.1 Å². The van der Waals surface area contributed by atoms with E-state index in [1.165, 1.54) is 0 Å². The van der Waals surface area contributed by atoms with E-state index in [9.17, 15) is 14.4 Å². The smallest absolute Gasteiger partial charge is 0.318 e. The van der Waals surface area contributed by atoms with E-state index in [1.807, 2.05) is 60.7 Å². The van der Waals surface area contributed by atoms with Gasteiger partial charge in [-0.1, -0.05) is 78.9 Å². The van der Waals surface area contributed by atoms with Crippen LogP contribution in [0, 0.1) is 5.92 Å². The van der Waals surface area contributed by atoms with E-state index in [2.05, 4.69) is 0 Å². The Morgan fingerprint density at radius 2 is 1.50 bits per heavy atom. The number of Topliss-reactive ketones (excluding diaryl/α,β-unsaturated/α-hetero) is 1. The van der Waals surface area contributed by atoms with Crippen molar-refractivity contribution in [3.63, 3.8) is 0 Å². The van der Waals surface area contributed by atoms with Crippen molar-refractivity contribution in [3.05, 3.63) is 102 Å². The molecule has 160 valence electrons. The van der Waals surface area contributed by atoms with E-state index in [0.717, 1.165) is 0 Å². The van der Waals surface area contributed by atoms with Gasteiger partial charge in [0, 0.05) is 18.3 Å². The molecule has 1 aliphatic heterocycles. The maximum Gasteiger partial charge on any atom is 0.318 e. The first-order valence-corrected chi connectivity index (χ1v) is 10.7. The highest BCUT2D eigenvalue weighted by Gasteiger charge is 2.90. The third kappa shape index (κ3) is 2.31. The zero-order valence-electron chi connectivity index (χ0n) is 17.9. The molecular formula is C27H23NO4. The van der Waals surface area contributed by atoms with Crippen molar-refractivity contribution in [1.82, 2.24) is 0 Å². The predicted octanol–water partition coefficient (Wildman–Crippen LogP) is 3.91. The van der Waals surface area contributed by atoms with Gasteiger partial charge in [0.25, 0.3) is 0 Å². The molecular weight excluding hydrogens is 402 g/mol. The summed E-state index contributed by atoms with van der Waals surface area (Å²) in [6, 6.07) is 25.4. The number of nitrogens with zero attached hydrogens (tertiary/aromatic N) is 1. The lowest BCUT2D eigenvalue weighted by Crippen LogP contribution is -2.39. The number of hydrogen-bond donors (Lipinski definition) is 0. The van der Waals surface area contributed by atoms with Gasteiger partial charge in [0.15, 0.2) is 5.78 Å². The standard InChI is InChI=1S/C27H23NO4/c1-3-32-25(31)26(19-14-8-5-9-15-19)23(22(29)18-12-6-4-7-13-18)27(26)20-16-10-11-17-21(20)28(2)24(27)30/h4-17,23H,3H2,1-2H3/t23-,26+,27?/m1/s1. The third-order valence-electron chi connectivity index (χ3n) is 6.88. The fraction of sp³-hybridized carbons (Fsp3) is 0.222. The minimum absolute atomic E-state index is 0.154. The average molecular weight is 425 g/mol. The van der Waals surface area contributed by atoms with E-state index in [-0.39, 0.29) is 18.3 Å². The second-order valence-electron chi connectivity index (χ2n) is 8.25. The molecule has 1 amide bonds. The Morgan fingerprint density at radius 1 is 0.906 bits per heavy atom. The molecule has 32 heavy (non-hydrogen) atoms. The van der Waals surface area contributed by atoms with E-state index in [4.69, 9.17) is 4.74 Å². The number of ether oxygens (including phenoxy) is 1. The quantitative estimate of drug-likeness (QED) is 0.459. The largest absolute Gasteiger partial charge is 0.465 e. The number of esters is 1. The highest BCUT2D eigenvalue weighted by molar-refractivity contribution is 6.24. The zero-order chi connectivity index (χ0) is 22.5. The van der Waals surface area contributed by atoms with Crippen LogP contribution in [0.25, 0.3) is 0 Å². The number of hydrogen-bond acceptors (Lipinski definition) is 4. The molecule has 3 aromatic rings. The normalized spacial score (nSPS) is 25.5. The molecule has 1 unspecified atom stereocenters. The molecule has 3 aromatic carbocycles. The van der Waals surface area contributed by atoms with Crippen LogP contribution in [0.5, 0.6) is 0 Å². The Balaban J connectivity index is 1.84. The number of fused-ring (bicyclic) bond motifs is 2. The van der Waals surface area contributed by atoms with Gasteiger partial charge in [-0.15, -0.1) is 0 Å². The Bertz CT molecular complexity index is 1220. The highest BCUT2D eigenvalue weighted by atomic mass is 16.5. The molecule has 5 nitrogen and oxygen atoms in total. The number of benzene rings is 3. The molecule has 2 aliphatic rings. The summed E-state index contributed by atoms with van der Waals surface area (Å²) in [6.45, 7) is 1.89. The van der Waals surface area contributed by atoms with Gasteiger partial charge in [-0.25, -0.2) is 0 Å². The Hall–Kier alpha value is -3.73. The molecule has 0 N–H and O–H groups in total. The van der Waals surface area contributed by atoms with Crippen molar-refractivity contribution in [1.29, 1.82) is 0 Å². The molecule has 5 heteroatoms. The lowest BCUT2D eigenvalue weighted by atomic mass is 9.82. The fourth-order valence-corrected chi connectivity index (χ4v) is 5.62. The number of carbonyl (C=O) groups excluding carboxylic acids is 3.